The Hall–Kier alpha value is -4.10. The standard InChI is InChI=1S/C69H116O12/c1-4-7-10-13-16-19-22-25-28-31-34-37-40-43-46-49-52-55-61(70)77-58-60(79-62(71)56-53-50-47-44-41-38-35-32-29-26-23-20-17-14-11-8-5-2)59-78-69-67(65(74)64(73)66(81-69)68(75)76)80-63(72)57-54-51-48-45-42-39-36-33-30-27-24-21-18-15-12-9-6-3/h9,12,16,18-19,21,25,27-28,30,36,39,45,48,60,64-67,69,73-74H,4-8,10-11,13-15,17,20,22-24,26,29,31-35,37-38,40-44,46-47,49-59H2,1-3H3,(H,75,76)/b12-9-,19-16-,21-18-,28-25-,30-27-,39-36-,48-45-. The average Bonchev–Trinajstić information content (AvgIpc) is 3.53. The molecular weight excluding hydrogens is 1020 g/mol. The molecule has 1 rings (SSSR count). The van der Waals surface area contributed by atoms with E-state index in [0.717, 1.165) is 89.9 Å². The van der Waals surface area contributed by atoms with E-state index in [0.29, 0.717) is 25.7 Å². The number of hydrogen-bond acceptors (Lipinski definition) is 11. The number of allylic oxidation sites excluding steroid dienone is 14. The van der Waals surface area contributed by atoms with E-state index in [9.17, 15) is 34.5 Å². The van der Waals surface area contributed by atoms with Crippen molar-refractivity contribution in [3.05, 3.63) is 85.1 Å². The van der Waals surface area contributed by atoms with Crippen molar-refractivity contribution in [3.63, 3.8) is 0 Å². The van der Waals surface area contributed by atoms with Crippen LogP contribution in [0.25, 0.3) is 0 Å². The predicted octanol–water partition coefficient (Wildman–Crippen LogP) is 17.5. The van der Waals surface area contributed by atoms with Crippen molar-refractivity contribution in [3.8, 4) is 0 Å². The number of esters is 3. The molecule has 0 bridgehead atoms. The number of aliphatic carboxylic acids is 1. The number of aliphatic hydroxyl groups excluding tert-OH is 2. The van der Waals surface area contributed by atoms with Crippen molar-refractivity contribution in [2.24, 2.45) is 0 Å². The molecule has 3 N–H and O–H groups in total. The third-order valence-corrected chi connectivity index (χ3v) is 14.5. The first kappa shape index (κ1) is 74.9. The molecule has 6 unspecified atom stereocenters. The van der Waals surface area contributed by atoms with Gasteiger partial charge in [0.2, 0.25) is 0 Å². The molecule has 0 radical (unpaired) electrons. The average molecular weight is 1140 g/mol. The van der Waals surface area contributed by atoms with Gasteiger partial charge in [0, 0.05) is 19.3 Å². The maximum absolute atomic E-state index is 13.2. The van der Waals surface area contributed by atoms with Gasteiger partial charge in [-0.2, -0.15) is 0 Å². The van der Waals surface area contributed by atoms with E-state index in [1.165, 1.54) is 122 Å². The van der Waals surface area contributed by atoms with Crippen LogP contribution < -0.4 is 0 Å². The van der Waals surface area contributed by atoms with E-state index in [1.807, 2.05) is 12.2 Å². The number of aliphatic hydroxyl groups is 2. The number of hydrogen-bond donors (Lipinski definition) is 3. The lowest BCUT2D eigenvalue weighted by molar-refractivity contribution is -0.301. The molecule has 0 aliphatic carbocycles. The largest absolute Gasteiger partial charge is 0.479 e. The molecule has 12 nitrogen and oxygen atoms in total. The SMILES string of the molecule is CC/C=C\C/C=C\C/C=C\C/C=C\C/C=C\CCCC(=O)OC1C(OCC(COC(=O)CCCCCCCCC/C=C\C/C=C\CCCCC)OC(=O)CCCCCCCCCCCCCCCCCCC)OC(C(=O)O)C(O)C1O. The minimum atomic E-state index is -1.93. The molecule has 0 aromatic heterocycles. The van der Waals surface area contributed by atoms with Crippen LogP contribution in [0, 0.1) is 0 Å². The lowest BCUT2D eigenvalue weighted by Gasteiger charge is -2.40. The molecule has 81 heavy (non-hydrogen) atoms. The van der Waals surface area contributed by atoms with Crippen LogP contribution in [0.1, 0.15) is 278 Å². The Bertz CT molecular complexity index is 1730. The fourth-order valence-electron chi connectivity index (χ4n) is 9.49. The number of ether oxygens (including phenoxy) is 5. The fraction of sp³-hybridized carbons (Fsp3) is 0.739. The molecule has 0 amide bonds. The summed E-state index contributed by atoms with van der Waals surface area (Å²) in [6.45, 7) is 5.86. The van der Waals surface area contributed by atoms with Crippen LogP contribution in [0.4, 0.5) is 0 Å². The highest BCUT2D eigenvalue weighted by atomic mass is 16.7. The van der Waals surface area contributed by atoms with Gasteiger partial charge in [0.05, 0.1) is 6.61 Å². The summed E-state index contributed by atoms with van der Waals surface area (Å²) >= 11 is 0. The van der Waals surface area contributed by atoms with Gasteiger partial charge >= 0.3 is 23.9 Å². The predicted molar refractivity (Wildman–Crippen MR) is 331 cm³/mol. The molecule has 0 aromatic rings. The van der Waals surface area contributed by atoms with Gasteiger partial charge in [-0.25, -0.2) is 4.79 Å². The summed E-state index contributed by atoms with van der Waals surface area (Å²) in [7, 11) is 0. The van der Waals surface area contributed by atoms with E-state index in [1.54, 1.807) is 0 Å². The van der Waals surface area contributed by atoms with Crippen LogP contribution in [0.3, 0.4) is 0 Å². The maximum Gasteiger partial charge on any atom is 0.335 e. The molecule has 1 aliphatic rings. The summed E-state index contributed by atoms with van der Waals surface area (Å²) in [6, 6.07) is 0. The summed E-state index contributed by atoms with van der Waals surface area (Å²) in [6.07, 6.45) is 61.1. The Morgan fingerprint density at radius 2 is 0.790 bits per heavy atom. The number of unbranched alkanes of at least 4 members (excludes halogenated alkanes) is 27. The quantitative estimate of drug-likeness (QED) is 0.0228. The zero-order valence-electron chi connectivity index (χ0n) is 51.3. The zero-order valence-corrected chi connectivity index (χ0v) is 51.3. The van der Waals surface area contributed by atoms with Crippen LogP contribution in [0.5, 0.6) is 0 Å². The van der Waals surface area contributed by atoms with Crippen molar-refractivity contribution in [1.29, 1.82) is 0 Å². The Kier molecular flexibility index (Phi) is 52.1. The number of carboxylic acid groups (broad SMARTS) is 1. The second kappa shape index (κ2) is 56.4. The van der Waals surface area contributed by atoms with Gasteiger partial charge < -0.3 is 39.0 Å². The molecule has 6 atom stereocenters. The second-order valence-corrected chi connectivity index (χ2v) is 22.0. The van der Waals surface area contributed by atoms with Gasteiger partial charge in [0.25, 0.3) is 0 Å². The van der Waals surface area contributed by atoms with Crippen molar-refractivity contribution >= 4 is 23.9 Å². The first-order chi connectivity index (χ1) is 39.6. The van der Waals surface area contributed by atoms with Crippen molar-refractivity contribution in [1.82, 2.24) is 0 Å². The van der Waals surface area contributed by atoms with E-state index >= 15 is 0 Å². The van der Waals surface area contributed by atoms with Gasteiger partial charge in [-0.3, -0.25) is 14.4 Å². The fourth-order valence-corrected chi connectivity index (χ4v) is 9.49. The topological polar surface area (TPSA) is 175 Å². The van der Waals surface area contributed by atoms with Crippen LogP contribution in [0.15, 0.2) is 85.1 Å². The third-order valence-electron chi connectivity index (χ3n) is 14.5. The van der Waals surface area contributed by atoms with Crippen molar-refractivity contribution < 1.29 is 58.2 Å². The minimum Gasteiger partial charge on any atom is -0.479 e. The van der Waals surface area contributed by atoms with Crippen molar-refractivity contribution in [2.75, 3.05) is 13.2 Å². The number of carbonyl (C=O) groups excluding carboxylic acids is 3. The molecule has 1 fully saturated rings. The number of carbonyl (C=O) groups is 4. The molecular formula is C69H116O12. The van der Waals surface area contributed by atoms with Crippen LogP contribution >= 0.6 is 0 Å². The molecule has 0 spiro atoms. The van der Waals surface area contributed by atoms with Crippen LogP contribution in [-0.4, -0.2) is 89.2 Å². The van der Waals surface area contributed by atoms with Gasteiger partial charge in [-0.05, 0) is 89.9 Å². The highest BCUT2D eigenvalue weighted by Crippen LogP contribution is 2.26. The lowest BCUT2D eigenvalue weighted by atomic mass is 9.98. The molecule has 1 heterocycles. The number of rotatable bonds is 55. The van der Waals surface area contributed by atoms with Crippen LogP contribution in [-0.2, 0) is 42.9 Å². The highest BCUT2D eigenvalue weighted by Gasteiger charge is 2.50. The van der Waals surface area contributed by atoms with E-state index in [4.69, 9.17) is 23.7 Å². The Morgan fingerprint density at radius 3 is 1.25 bits per heavy atom. The summed E-state index contributed by atoms with van der Waals surface area (Å²) in [4.78, 5) is 51.3. The van der Waals surface area contributed by atoms with Gasteiger partial charge in [0.1, 0.15) is 18.8 Å². The van der Waals surface area contributed by atoms with E-state index in [-0.39, 0.29) is 25.9 Å². The first-order valence-corrected chi connectivity index (χ1v) is 32.6. The summed E-state index contributed by atoms with van der Waals surface area (Å²) in [5, 5.41) is 31.6. The zero-order chi connectivity index (χ0) is 58.9. The third kappa shape index (κ3) is 46.0. The maximum atomic E-state index is 13.2. The van der Waals surface area contributed by atoms with Gasteiger partial charge in [-0.15, -0.1) is 0 Å². The van der Waals surface area contributed by atoms with Gasteiger partial charge in [-0.1, -0.05) is 254 Å². The molecule has 12 heteroatoms. The molecule has 464 valence electrons. The lowest BCUT2D eigenvalue weighted by Crippen LogP contribution is -2.61. The normalized spacial score (nSPS) is 18.3. The van der Waals surface area contributed by atoms with Crippen molar-refractivity contribution in [2.45, 2.75) is 314 Å². The smallest absolute Gasteiger partial charge is 0.335 e. The Balaban J connectivity index is 2.70. The highest BCUT2D eigenvalue weighted by molar-refractivity contribution is 5.74. The summed E-state index contributed by atoms with van der Waals surface area (Å²) in [5.74, 6) is -3.19. The molecule has 0 aromatic carbocycles. The monoisotopic (exact) mass is 1140 g/mol. The molecule has 0 saturated carbocycles. The summed E-state index contributed by atoms with van der Waals surface area (Å²) < 4.78 is 28.5. The Labute approximate surface area is 492 Å². The first-order valence-electron chi connectivity index (χ1n) is 32.6. The summed E-state index contributed by atoms with van der Waals surface area (Å²) in [5.41, 5.74) is 0. The van der Waals surface area contributed by atoms with Crippen LogP contribution in [0.2, 0.25) is 0 Å². The number of carboxylic acids is 1. The van der Waals surface area contributed by atoms with E-state index < -0.39 is 67.3 Å². The van der Waals surface area contributed by atoms with E-state index in [2.05, 4.69) is 93.7 Å². The molecule has 1 aliphatic heterocycles. The Morgan fingerprint density at radius 1 is 0.420 bits per heavy atom. The molecule has 1 saturated heterocycles. The second-order valence-electron chi connectivity index (χ2n) is 22.0. The van der Waals surface area contributed by atoms with Gasteiger partial charge in [0.15, 0.2) is 24.6 Å². The minimum absolute atomic E-state index is 0.0200.